The van der Waals surface area contributed by atoms with Gasteiger partial charge in [0.2, 0.25) is 0 Å². The molecule has 0 saturated carbocycles. The van der Waals surface area contributed by atoms with Crippen molar-refractivity contribution in [2.75, 3.05) is 26.4 Å². The molecule has 3 N–H and O–H groups in total. The summed E-state index contributed by atoms with van der Waals surface area (Å²) in [5.74, 6) is 0. The number of ether oxygens (including phenoxy) is 1. The molecule has 0 unspecified atom stereocenters. The molecular formula is C24H47O6P. The third kappa shape index (κ3) is 14.3. The monoisotopic (exact) mass is 462 g/mol. The van der Waals surface area contributed by atoms with Crippen LogP contribution in [0.1, 0.15) is 90.9 Å². The Morgan fingerprint density at radius 1 is 0.806 bits per heavy atom. The molecule has 31 heavy (non-hydrogen) atoms. The van der Waals surface area contributed by atoms with Crippen LogP contribution >= 0.6 is 7.82 Å². The lowest BCUT2D eigenvalue weighted by Gasteiger charge is -2.32. The molecule has 0 aliphatic carbocycles. The molecule has 0 aromatic rings. The van der Waals surface area contributed by atoms with E-state index in [9.17, 15) is 4.57 Å². The van der Waals surface area contributed by atoms with E-state index in [1.807, 2.05) is 12.2 Å². The normalized spacial score (nSPS) is 12.8. The number of phosphoric ester groups is 1. The van der Waals surface area contributed by atoms with Gasteiger partial charge in [-0.05, 0) is 63.2 Å². The first-order chi connectivity index (χ1) is 14.7. The van der Waals surface area contributed by atoms with E-state index >= 15 is 0 Å². The third-order valence-corrected chi connectivity index (χ3v) is 7.20. The molecule has 184 valence electrons. The van der Waals surface area contributed by atoms with Gasteiger partial charge in [0.15, 0.2) is 0 Å². The molecule has 0 aliphatic heterocycles. The summed E-state index contributed by atoms with van der Waals surface area (Å²) in [6, 6.07) is 0. The number of allylic oxidation sites excluding steroid dienone is 2. The highest BCUT2D eigenvalue weighted by molar-refractivity contribution is 7.46. The summed E-state index contributed by atoms with van der Waals surface area (Å²) in [4.78, 5) is 17.7. The van der Waals surface area contributed by atoms with E-state index < -0.39 is 7.82 Å². The molecule has 0 aromatic carbocycles. The summed E-state index contributed by atoms with van der Waals surface area (Å²) in [6.07, 6.45) is 15.5. The minimum atomic E-state index is -4.39. The van der Waals surface area contributed by atoms with Gasteiger partial charge in [0.1, 0.15) is 0 Å². The standard InChI is InChI=1S/C24H47O6P/c1-5-23(6-2,15-9-12-19-25)16-10-13-20-29-21-14-11-17-24(7-3,8-4)18-22-30-31(26,27)28/h5-6,25H,1-2,7-22H2,3-4H3,(H2,26,27,28). The number of rotatable bonds is 22. The number of unbranched alkanes of at least 4 members (excludes halogenated alkanes) is 3. The zero-order valence-electron chi connectivity index (χ0n) is 19.9. The van der Waals surface area contributed by atoms with Crippen molar-refractivity contribution in [2.45, 2.75) is 90.9 Å². The Labute approximate surface area is 190 Å². The first-order valence-electron chi connectivity index (χ1n) is 11.9. The van der Waals surface area contributed by atoms with Gasteiger partial charge in [-0.25, -0.2) is 4.57 Å². The number of aliphatic hydroxyl groups is 1. The van der Waals surface area contributed by atoms with E-state index in [1.165, 1.54) is 0 Å². The molecule has 0 atom stereocenters. The third-order valence-electron chi connectivity index (χ3n) is 6.68. The van der Waals surface area contributed by atoms with Crippen molar-refractivity contribution >= 4 is 7.82 Å². The zero-order valence-corrected chi connectivity index (χ0v) is 20.8. The van der Waals surface area contributed by atoms with Gasteiger partial charge in [-0.1, -0.05) is 45.3 Å². The topological polar surface area (TPSA) is 96.2 Å². The second-order valence-corrected chi connectivity index (χ2v) is 9.87. The molecule has 0 aliphatic rings. The number of phosphoric acid groups is 1. The van der Waals surface area contributed by atoms with Gasteiger partial charge < -0.3 is 19.6 Å². The molecule has 7 heteroatoms. The number of hydrogen-bond acceptors (Lipinski definition) is 4. The molecule has 6 nitrogen and oxygen atoms in total. The van der Waals surface area contributed by atoms with Gasteiger partial charge in [0.05, 0.1) is 6.61 Å². The summed E-state index contributed by atoms with van der Waals surface area (Å²) < 4.78 is 21.4. The highest BCUT2D eigenvalue weighted by atomic mass is 31.2. The fraction of sp³-hybridized carbons (Fsp3) is 0.833. The lowest BCUT2D eigenvalue weighted by atomic mass is 9.75. The Bertz CT molecular complexity index is 504. The van der Waals surface area contributed by atoms with Crippen molar-refractivity contribution < 1.29 is 28.7 Å². The average Bonchev–Trinajstić information content (AvgIpc) is 2.75. The minimum Gasteiger partial charge on any atom is -0.396 e. The van der Waals surface area contributed by atoms with Gasteiger partial charge in [-0.2, -0.15) is 0 Å². The molecule has 0 bridgehead atoms. The second kappa shape index (κ2) is 17.0. The van der Waals surface area contributed by atoms with Crippen molar-refractivity contribution in [1.82, 2.24) is 0 Å². The van der Waals surface area contributed by atoms with Crippen LogP contribution < -0.4 is 0 Å². The van der Waals surface area contributed by atoms with Crippen LogP contribution in [0.15, 0.2) is 25.3 Å². The van der Waals surface area contributed by atoms with E-state index in [0.29, 0.717) is 6.42 Å². The van der Waals surface area contributed by atoms with Crippen molar-refractivity contribution in [1.29, 1.82) is 0 Å². The lowest BCUT2D eigenvalue weighted by molar-refractivity contribution is 0.111. The van der Waals surface area contributed by atoms with Gasteiger partial charge in [-0.3, -0.25) is 4.52 Å². The van der Waals surface area contributed by atoms with E-state index in [0.717, 1.165) is 83.8 Å². The first-order valence-corrected chi connectivity index (χ1v) is 13.4. The number of aliphatic hydroxyl groups excluding tert-OH is 1. The summed E-state index contributed by atoms with van der Waals surface area (Å²) in [5.41, 5.74) is 0.0339. The molecular weight excluding hydrogens is 415 g/mol. The van der Waals surface area contributed by atoms with Crippen LogP contribution in [0.25, 0.3) is 0 Å². The lowest BCUT2D eigenvalue weighted by Crippen LogP contribution is -2.21. The first kappa shape index (κ1) is 30.5. The molecule has 0 saturated heterocycles. The predicted molar refractivity (Wildman–Crippen MR) is 128 cm³/mol. The van der Waals surface area contributed by atoms with Gasteiger partial charge in [0, 0.05) is 25.2 Å². The van der Waals surface area contributed by atoms with Crippen LogP contribution in [0.4, 0.5) is 0 Å². The SMILES string of the molecule is C=CC(C=C)(CCCCO)CCCCOCCCCC(CC)(CC)CCOP(=O)(O)O. The van der Waals surface area contributed by atoms with Crippen LogP contribution in [0.5, 0.6) is 0 Å². The van der Waals surface area contributed by atoms with E-state index in [-0.39, 0.29) is 24.0 Å². The maximum absolute atomic E-state index is 10.9. The maximum Gasteiger partial charge on any atom is 0.469 e. The molecule has 0 amide bonds. The molecule has 0 fully saturated rings. The highest BCUT2D eigenvalue weighted by Gasteiger charge is 2.27. The molecule has 0 heterocycles. The quantitative estimate of drug-likeness (QED) is 0.101. The van der Waals surface area contributed by atoms with Crippen LogP contribution in [0.3, 0.4) is 0 Å². The van der Waals surface area contributed by atoms with E-state index in [4.69, 9.17) is 19.6 Å². The molecule has 0 spiro atoms. The summed E-state index contributed by atoms with van der Waals surface area (Å²) in [6.45, 7) is 14.1. The van der Waals surface area contributed by atoms with Gasteiger partial charge in [-0.15, -0.1) is 13.2 Å². The molecule has 0 radical (unpaired) electrons. The second-order valence-electron chi connectivity index (χ2n) is 8.63. The van der Waals surface area contributed by atoms with Crippen LogP contribution in [-0.2, 0) is 13.8 Å². The van der Waals surface area contributed by atoms with Gasteiger partial charge >= 0.3 is 7.82 Å². The largest absolute Gasteiger partial charge is 0.469 e. The summed E-state index contributed by atoms with van der Waals surface area (Å²) in [7, 11) is -4.39. The van der Waals surface area contributed by atoms with Crippen molar-refractivity contribution in [3.8, 4) is 0 Å². The predicted octanol–water partition coefficient (Wildman–Crippen LogP) is 6.17. The zero-order chi connectivity index (χ0) is 23.6. The smallest absolute Gasteiger partial charge is 0.396 e. The van der Waals surface area contributed by atoms with E-state index in [1.54, 1.807) is 0 Å². The fourth-order valence-corrected chi connectivity index (χ4v) is 4.44. The summed E-state index contributed by atoms with van der Waals surface area (Å²) in [5, 5.41) is 8.98. The Hall–Kier alpha value is -0.490. The van der Waals surface area contributed by atoms with E-state index in [2.05, 4.69) is 31.5 Å². The fourth-order valence-electron chi connectivity index (χ4n) is 4.11. The Kier molecular flexibility index (Phi) is 16.8. The van der Waals surface area contributed by atoms with Crippen LogP contribution in [-0.4, -0.2) is 41.3 Å². The van der Waals surface area contributed by atoms with Crippen molar-refractivity contribution in [3.63, 3.8) is 0 Å². The summed E-state index contributed by atoms with van der Waals surface area (Å²) >= 11 is 0. The molecule has 0 aromatic heterocycles. The highest BCUT2D eigenvalue weighted by Crippen LogP contribution is 2.40. The maximum atomic E-state index is 10.9. The van der Waals surface area contributed by atoms with Crippen molar-refractivity contribution in [3.05, 3.63) is 25.3 Å². The van der Waals surface area contributed by atoms with Crippen molar-refractivity contribution in [2.24, 2.45) is 10.8 Å². The Morgan fingerprint density at radius 2 is 1.32 bits per heavy atom. The van der Waals surface area contributed by atoms with Crippen LogP contribution in [0, 0.1) is 10.8 Å². The Morgan fingerprint density at radius 3 is 1.77 bits per heavy atom. The van der Waals surface area contributed by atoms with Gasteiger partial charge in [0.25, 0.3) is 0 Å². The Balaban J connectivity index is 4.03. The minimum absolute atomic E-state index is 0.0394. The molecule has 0 rings (SSSR count). The number of hydrogen-bond donors (Lipinski definition) is 3. The van der Waals surface area contributed by atoms with Crippen LogP contribution in [0.2, 0.25) is 0 Å². The average molecular weight is 463 g/mol.